The molecule has 0 bridgehead atoms. The number of likely N-dealkylation sites (tertiary alicyclic amines) is 1. The summed E-state index contributed by atoms with van der Waals surface area (Å²) in [7, 11) is 1.32. The highest BCUT2D eigenvalue weighted by Gasteiger charge is 2.41. The molecule has 20 heavy (non-hydrogen) atoms. The maximum absolute atomic E-state index is 12.6. The molecule has 0 spiro atoms. The minimum Gasteiger partial charge on any atom is -0.467 e. The van der Waals surface area contributed by atoms with Gasteiger partial charge in [-0.2, -0.15) is 0 Å². The number of hydrogen-bond acceptors (Lipinski definition) is 4. The van der Waals surface area contributed by atoms with Crippen LogP contribution in [-0.4, -0.2) is 47.7 Å². The molecular formula is C15H25NO4. The summed E-state index contributed by atoms with van der Waals surface area (Å²) in [5.74, 6) is -0.382. The minimum atomic E-state index is -0.614. The first-order valence-corrected chi connectivity index (χ1v) is 7.70. The topological polar surface area (TPSA) is 66.8 Å². The number of nitrogens with zero attached hydrogens (tertiary/aromatic N) is 1. The Kier molecular flexibility index (Phi) is 5.40. The van der Waals surface area contributed by atoms with Crippen LogP contribution in [0.2, 0.25) is 0 Å². The van der Waals surface area contributed by atoms with Crippen LogP contribution in [0.3, 0.4) is 0 Å². The Morgan fingerprint density at radius 2 is 1.70 bits per heavy atom. The molecule has 0 radical (unpaired) electrons. The van der Waals surface area contributed by atoms with Gasteiger partial charge in [0.1, 0.15) is 6.04 Å². The van der Waals surface area contributed by atoms with Crippen LogP contribution in [0.4, 0.5) is 0 Å². The van der Waals surface area contributed by atoms with Crippen molar-refractivity contribution < 1.29 is 19.4 Å². The Labute approximate surface area is 120 Å². The second-order valence-electron chi connectivity index (χ2n) is 5.96. The van der Waals surface area contributed by atoms with E-state index >= 15 is 0 Å². The van der Waals surface area contributed by atoms with E-state index in [9.17, 15) is 14.7 Å². The SMILES string of the molecule is COC(=O)C1CC(O)CN1C(=O)C1CCCCCCC1. The molecule has 114 valence electrons. The van der Waals surface area contributed by atoms with Crippen molar-refractivity contribution in [1.29, 1.82) is 0 Å². The average Bonchev–Trinajstić information content (AvgIpc) is 2.79. The van der Waals surface area contributed by atoms with E-state index in [0.29, 0.717) is 6.42 Å². The number of rotatable bonds is 2. The van der Waals surface area contributed by atoms with Crippen LogP contribution >= 0.6 is 0 Å². The standard InChI is InChI=1S/C15H25NO4/c1-20-15(19)13-9-12(17)10-16(13)14(18)11-7-5-3-2-4-6-8-11/h11-13,17H,2-10H2,1H3. The van der Waals surface area contributed by atoms with E-state index in [4.69, 9.17) is 4.74 Å². The molecule has 1 aliphatic carbocycles. The highest BCUT2D eigenvalue weighted by atomic mass is 16.5. The molecule has 2 atom stereocenters. The summed E-state index contributed by atoms with van der Waals surface area (Å²) < 4.78 is 4.75. The average molecular weight is 283 g/mol. The van der Waals surface area contributed by atoms with Gasteiger partial charge in [0, 0.05) is 18.9 Å². The molecule has 0 aromatic heterocycles. The summed E-state index contributed by atoms with van der Waals surface area (Å²) in [4.78, 5) is 25.9. The van der Waals surface area contributed by atoms with Gasteiger partial charge in [-0.1, -0.05) is 32.1 Å². The molecule has 1 amide bonds. The smallest absolute Gasteiger partial charge is 0.328 e. The molecule has 1 heterocycles. The van der Waals surface area contributed by atoms with Crippen LogP contribution < -0.4 is 0 Å². The molecular weight excluding hydrogens is 258 g/mol. The van der Waals surface area contributed by atoms with Gasteiger partial charge in [-0.3, -0.25) is 4.79 Å². The van der Waals surface area contributed by atoms with Crippen molar-refractivity contribution in [3.05, 3.63) is 0 Å². The molecule has 5 heteroatoms. The van der Waals surface area contributed by atoms with Gasteiger partial charge in [0.05, 0.1) is 13.2 Å². The maximum Gasteiger partial charge on any atom is 0.328 e. The fraction of sp³-hybridized carbons (Fsp3) is 0.867. The van der Waals surface area contributed by atoms with Gasteiger partial charge in [-0.25, -0.2) is 4.79 Å². The van der Waals surface area contributed by atoms with E-state index in [0.717, 1.165) is 25.7 Å². The van der Waals surface area contributed by atoms with Gasteiger partial charge < -0.3 is 14.7 Å². The van der Waals surface area contributed by atoms with Gasteiger partial charge in [-0.15, -0.1) is 0 Å². The van der Waals surface area contributed by atoms with E-state index in [1.54, 1.807) is 4.90 Å². The zero-order valence-electron chi connectivity index (χ0n) is 12.2. The number of methoxy groups -OCH3 is 1. The van der Waals surface area contributed by atoms with E-state index < -0.39 is 18.1 Å². The van der Waals surface area contributed by atoms with Gasteiger partial charge in [0.2, 0.25) is 5.91 Å². The summed E-state index contributed by atoms with van der Waals surface area (Å²) in [6.07, 6.45) is 7.28. The van der Waals surface area contributed by atoms with Crippen molar-refractivity contribution in [3.8, 4) is 0 Å². The molecule has 1 saturated heterocycles. The Morgan fingerprint density at radius 1 is 1.10 bits per heavy atom. The largest absolute Gasteiger partial charge is 0.467 e. The number of carbonyl (C=O) groups excluding carboxylic acids is 2. The predicted octanol–water partition coefficient (Wildman–Crippen LogP) is 1.48. The van der Waals surface area contributed by atoms with Gasteiger partial charge in [-0.05, 0) is 12.8 Å². The molecule has 2 aliphatic rings. The first-order chi connectivity index (χ1) is 9.63. The third-order valence-electron chi connectivity index (χ3n) is 4.49. The second kappa shape index (κ2) is 7.07. The van der Waals surface area contributed by atoms with Crippen LogP contribution in [0, 0.1) is 5.92 Å². The third-order valence-corrected chi connectivity index (χ3v) is 4.49. The number of ether oxygens (including phenoxy) is 1. The normalized spacial score (nSPS) is 28.8. The van der Waals surface area contributed by atoms with Crippen molar-refractivity contribution in [2.24, 2.45) is 5.92 Å². The quantitative estimate of drug-likeness (QED) is 0.780. The maximum atomic E-state index is 12.6. The van der Waals surface area contributed by atoms with Gasteiger partial charge in [0.15, 0.2) is 0 Å². The summed E-state index contributed by atoms with van der Waals surface area (Å²) in [5, 5.41) is 9.76. The van der Waals surface area contributed by atoms with Gasteiger partial charge in [0.25, 0.3) is 0 Å². The lowest BCUT2D eigenvalue weighted by Gasteiger charge is -2.28. The predicted molar refractivity (Wildman–Crippen MR) is 73.9 cm³/mol. The van der Waals surface area contributed by atoms with Crippen molar-refractivity contribution >= 4 is 11.9 Å². The van der Waals surface area contributed by atoms with Crippen molar-refractivity contribution in [1.82, 2.24) is 4.90 Å². The fourth-order valence-electron chi connectivity index (χ4n) is 3.35. The van der Waals surface area contributed by atoms with Crippen LogP contribution in [0.5, 0.6) is 0 Å². The number of aliphatic hydroxyl groups is 1. The molecule has 1 N–H and O–H groups in total. The Bertz CT molecular complexity index is 350. The molecule has 0 aromatic rings. The monoisotopic (exact) mass is 283 g/mol. The van der Waals surface area contributed by atoms with Gasteiger partial charge >= 0.3 is 5.97 Å². The number of esters is 1. The summed E-state index contributed by atoms with van der Waals surface area (Å²) in [6.45, 7) is 0.259. The molecule has 2 fully saturated rings. The second-order valence-corrected chi connectivity index (χ2v) is 5.96. The fourth-order valence-corrected chi connectivity index (χ4v) is 3.35. The van der Waals surface area contributed by atoms with Crippen LogP contribution in [0.1, 0.15) is 51.4 Å². The number of hydrogen-bond donors (Lipinski definition) is 1. The Hall–Kier alpha value is -1.10. The Morgan fingerprint density at radius 3 is 2.30 bits per heavy atom. The highest BCUT2D eigenvalue weighted by Crippen LogP contribution is 2.28. The third kappa shape index (κ3) is 3.51. The lowest BCUT2D eigenvalue weighted by atomic mass is 9.90. The number of aliphatic hydroxyl groups excluding tert-OH is 1. The molecule has 1 aliphatic heterocycles. The number of carbonyl (C=O) groups is 2. The van der Waals surface area contributed by atoms with E-state index in [1.807, 2.05) is 0 Å². The molecule has 2 rings (SSSR count). The van der Waals surface area contributed by atoms with Crippen LogP contribution in [-0.2, 0) is 14.3 Å². The van der Waals surface area contributed by atoms with E-state index in [-0.39, 0.29) is 18.4 Å². The summed E-state index contributed by atoms with van der Waals surface area (Å²) in [5.41, 5.74) is 0. The van der Waals surface area contributed by atoms with Crippen molar-refractivity contribution in [3.63, 3.8) is 0 Å². The highest BCUT2D eigenvalue weighted by molar-refractivity contribution is 5.86. The molecule has 2 unspecified atom stereocenters. The summed E-state index contributed by atoms with van der Waals surface area (Å²) >= 11 is 0. The Balaban J connectivity index is 2.03. The number of amides is 1. The van der Waals surface area contributed by atoms with Crippen LogP contribution in [0.15, 0.2) is 0 Å². The molecule has 5 nitrogen and oxygen atoms in total. The zero-order valence-corrected chi connectivity index (χ0v) is 12.2. The first kappa shape index (κ1) is 15.3. The van der Waals surface area contributed by atoms with Crippen molar-refractivity contribution in [2.75, 3.05) is 13.7 Å². The van der Waals surface area contributed by atoms with E-state index in [1.165, 1.54) is 26.4 Å². The molecule has 1 saturated carbocycles. The van der Waals surface area contributed by atoms with E-state index in [2.05, 4.69) is 0 Å². The number of β-amino-alcohol motifs (C(OH)–C–C–N with tert-alkyl or cyclic N) is 1. The van der Waals surface area contributed by atoms with Crippen molar-refractivity contribution in [2.45, 2.75) is 63.5 Å². The lowest BCUT2D eigenvalue weighted by molar-refractivity contribution is -0.152. The van der Waals surface area contributed by atoms with Crippen LogP contribution in [0.25, 0.3) is 0 Å². The first-order valence-electron chi connectivity index (χ1n) is 7.70. The lowest BCUT2D eigenvalue weighted by Crippen LogP contribution is -2.44. The zero-order chi connectivity index (χ0) is 14.5. The molecule has 0 aromatic carbocycles. The minimum absolute atomic E-state index is 0.00718. The summed E-state index contributed by atoms with van der Waals surface area (Å²) in [6, 6.07) is -0.604.